The van der Waals surface area contributed by atoms with E-state index >= 15 is 0 Å². The fourth-order valence-corrected chi connectivity index (χ4v) is 1.60. The zero-order valence-corrected chi connectivity index (χ0v) is 9.02. The minimum absolute atomic E-state index is 0.231. The van der Waals surface area contributed by atoms with Crippen LogP contribution in [0.25, 0.3) is 11.1 Å². The summed E-state index contributed by atoms with van der Waals surface area (Å²) in [5.41, 5.74) is 7.37. The number of benzene rings is 1. The van der Waals surface area contributed by atoms with E-state index in [2.05, 4.69) is 4.98 Å². The lowest BCUT2D eigenvalue weighted by Crippen LogP contribution is -1.97. The molecular formula is C13H10FN3. The van der Waals surface area contributed by atoms with Gasteiger partial charge >= 0.3 is 0 Å². The summed E-state index contributed by atoms with van der Waals surface area (Å²) in [5.74, 6) is -0.0908. The molecule has 0 amide bonds. The average molecular weight is 227 g/mol. The van der Waals surface area contributed by atoms with Crippen LogP contribution in [0.3, 0.4) is 0 Å². The van der Waals surface area contributed by atoms with E-state index in [1.54, 1.807) is 24.3 Å². The minimum Gasteiger partial charge on any atom is -0.383 e. The number of nitrogens with two attached hydrogens (primary N) is 1. The van der Waals surface area contributed by atoms with Crippen LogP contribution >= 0.6 is 0 Å². The molecule has 1 aromatic heterocycles. The first-order chi connectivity index (χ1) is 8.22. The van der Waals surface area contributed by atoms with E-state index in [4.69, 9.17) is 11.0 Å². The predicted molar refractivity (Wildman–Crippen MR) is 63.4 cm³/mol. The molecule has 2 aromatic rings. The van der Waals surface area contributed by atoms with Crippen LogP contribution in [0, 0.1) is 17.1 Å². The molecule has 0 unspecified atom stereocenters. The van der Waals surface area contributed by atoms with E-state index in [0.717, 1.165) is 5.56 Å². The van der Waals surface area contributed by atoms with Crippen LogP contribution < -0.4 is 5.73 Å². The molecule has 0 fully saturated rings. The summed E-state index contributed by atoms with van der Waals surface area (Å²) < 4.78 is 13.6. The molecule has 0 atom stereocenters. The van der Waals surface area contributed by atoms with E-state index in [9.17, 15) is 4.39 Å². The van der Waals surface area contributed by atoms with Gasteiger partial charge in [0, 0.05) is 17.3 Å². The van der Waals surface area contributed by atoms with Crippen LogP contribution in [0.1, 0.15) is 5.56 Å². The Balaban J connectivity index is 2.55. The van der Waals surface area contributed by atoms with Crippen molar-refractivity contribution < 1.29 is 4.39 Å². The highest BCUT2D eigenvalue weighted by Crippen LogP contribution is 2.27. The van der Waals surface area contributed by atoms with Crippen molar-refractivity contribution in [1.29, 1.82) is 5.26 Å². The third-order valence-electron chi connectivity index (χ3n) is 2.42. The Bertz CT molecular complexity index is 587. The highest BCUT2D eigenvalue weighted by molar-refractivity contribution is 5.74. The number of halogens is 1. The molecule has 3 nitrogen and oxygen atoms in total. The molecule has 84 valence electrons. The smallest absolute Gasteiger partial charge is 0.131 e. The third kappa shape index (κ3) is 2.23. The molecule has 17 heavy (non-hydrogen) atoms. The molecule has 0 saturated carbocycles. The van der Waals surface area contributed by atoms with Gasteiger partial charge in [0.25, 0.3) is 0 Å². The Kier molecular flexibility index (Phi) is 3.01. The number of hydrogen-bond donors (Lipinski definition) is 1. The molecule has 4 heteroatoms. The highest BCUT2D eigenvalue weighted by atomic mass is 19.1. The summed E-state index contributed by atoms with van der Waals surface area (Å²) in [4.78, 5) is 3.98. The highest BCUT2D eigenvalue weighted by Gasteiger charge is 2.09. The number of aromatic nitrogens is 1. The number of anilines is 1. The molecule has 2 rings (SSSR count). The van der Waals surface area contributed by atoms with Gasteiger partial charge in [-0.2, -0.15) is 5.26 Å². The zero-order valence-electron chi connectivity index (χ0n) is 9.02. The number of nitrogen functional groups attached to an aromatic ring is 1. The van der Waals surface area contributed by atoms with Gasteiger partial charge in [-0.1, -0.05) is 18.2 Å². The van der Waals surface area contributed by atoms with Gasteiger partial charge in [0.2, 0.25) is 0 Å². The second kappa shape index (κ2) is 4.62. The zero-order chi connectivity index (χ0) is 12.3. The van der Waals surface area contributed by atoms with Crippen molar-refractivity contribution in [3.8, 4) is 17.2 Å². The fourth-order valence-electron chi connectivity index (χ4n) is 1.60. The SMILES string of the molecule is N#CCc1cnc(N)c(-c2ccccc2F)c1. The number of rotatable bonds is 2. The summed E-state index contributed by atoms with van der Waals surface area (Å²) in [6.45, 7) is 0. The molecular weight excluding hydrogens is 217 g/mol. The molecule has 0 bridgehead atoms. The summed E-state index contributed by atoms with van der Waals surface area (Å²) in [6, 6.07) is 10.1. The minimum atomic E-state index is -0.352. The number of nitrogens with zero attached hydrogens (tertiary/aromatic N) is 2. The lowest BCUT2D eigenvalue weighted by atomic mass is 10.0. The van der Waals surface area contributed by atoms with Crippen molar-refractivity contribution in [2.24, 2.45) is 0 Å². The first-order valence-corrected chi connectivity index (χ1v) is 5.08. The number of nitriles is 1. The fraction of sp³-hybridized carbons (Fsp3) is 0.0769. The van der Waals surface area contributed by atoms with Crippen molar-refractivity contribution in [2.45, 2.75) is 6.42 Å². The molecule has 0 spiro atoms. The van der Waals surface area contributed by atoms with Gasteiger partial charge < -0.3 is 5.73 Å². The van der Waals surface area contributed by atoms with Gasteiger partial charge in [-0.25, -0.2) is 9.37 Å². The summed E-state index contributed by atoms with van der Waals surface area (Å²) in [7, 11) is 0. The van der Waals surface area contributed by atoms with E-state index in [1.807, 2.05) is 6.07 Å². The third-order valence-corrected chi connectivity index (χ3v) is 2.42. The molecule has 0 aliphatic heterocycles. The predicted octanol–water partition coefficient (Wildman–Crippen LogP) is 2.54. The first-order valence-electron chi connectivity index (χ1n) is 5.08. The maximum atomic E-state index is 13.6. The Labute approximate surface area is 98.3 Å². The standard InChI is InChI=1S/C13H10FN3/c14-12-4-2-1-3-10(12)11-7-9(5-6-15)8-17-13(11)16/h1-4,7-8H,5H2,(H2,16,17). The quantitative estimate of drug-likeness (QED) is 0.857. The topological polar surface area (TPSA) is 62.7 Å². The molecule has 0 aliphatic carbocycles. The van der Waals surface area contributed by atoms with Crippen LogP contribution in [0.4, 0.5) is 10.2 Å². The van der Waals surface area contributed by atoms with Gasteiger partial charge in [-0.3, -0.25) is 0 Å². The molecule has 0 saturated heterocycles. The van der Waals surface area contributed by atoms with Crippen molar-refractivity contribution in [3.63, 3.8) is 0 Å². The molecule has 0 radical (unpaired) electrons. The maximum absolute atomic E-state index is 13.6. The van der Waals surface area contributed by atoms with Crippen LogP contribution in [0.2, 0.25) is 0 Å². The summed E-state index contributed by atoms with van der Waals surface area (Å²) >= 11 is 0. The van der Waals surface area contributed by atoms with Crippen molar-refractivity contribution in [2.75, 3.05) is 5.73 Å². The second-order valence-corrected chi connectivity index (χ2v) is 3.59. The van der Waals surface area contributed by atoms with Gasteiger partial charge in [-0.05, 0) is 17.7 Å². The number of pyridine rings is 1. The molecule has 0 aliphatic rings. The Morgan fingerprint density at radius 3 is 2.76 bits per heavy atom. The first kappa shape index (κ1) is 11.1. The lowest BCUT2D eigenvalue weighted by Gasteiger charge is -2.07. The Morgan fingerprint density at radius 1 is 1.29 bits per heavy atom. The van der Waals surface area contributed by atoms with Crippen LogP contribution in [-0.4, -0.2) is 4.98 Å². The van der Waals surface area contributed by atoms with Crippen molar-refractivity contribution >= 4 is 5.82 Å². The van der Waals surface area contributed by atoms with E-state index in [-0.39, 0.29) is 18.1 Å². The van der Waals surface area contributed by atoms with E-state index in [1.165, 1.54) is 12.3 Å². The van der Waals surface area contributed by atoms with Gasteiger partial charge in [0.1, 0.15) is 11.6 Å². The molecule has 1 heterocycles. The summed E-state index contributed by atoms with van der Waals surface area (Å²) in [6.07, 6.45) is 1.76. The van der Waals surface area contributed by atoms with E-state index in [0.29, 0.717) is 11.1 Å². The van der Waals surface area contributed by atoms with E-state index < -0.39 is 0 Å². The normalized spacial score (nSPS) is 9.88. The Morgan fingerprint density at radius 2 is 2.06 bits per heavy atom. The van der Waals surface area contributed by atoms with Crippen LogP contribution in [0.5, 0.6) is 0 Å². The molecule has 1 aromatic carbocycles. The van der Waals surface area contributed by atoms with Crippen LogP contribution in [0.15, 0.2) is 36.5 Å². The maximum Gasteiger partial charge on any atom is 0.131 e. The molecule has 2 N–H and O–H groups in total. The summed E-state index contributed by atoms with van der Waals surface area (Å²) in [5, 5.41) is 8.62. The lowest BCUT2D eigenvalue weighted by molar-refractivity contribution is 0.631. The van der Waals surface area contributed by atoms with Gasteiger partial charge in [0.05, 0.1) is 12.5 Å². The van der Waals surface area contributed by atoms with Gasteiger partial charge in [-0.15, -0.1) is 0 Å². The van der Waals surface area contributed by atoms with Gasteiger partial charge in [0.15, 0.2) is 0 Å². The monoisotopic (exact) mass is 227 g/mol. The Hall–Kier alpha value is -2.41. The van der Waals surface area contributed by atoms with Crippen molar-refractivity contribution in [1.82, 2.24) is 4.98 Å². The second-order valence-electron chi connectivity index (χ2n) is 3.59. The van der Waals surface area contributed by atoms with Crippen molar-refractivity contribution in [3.05, 3.63) is 47.9 Å². The van der Waals surface area contributed by atoms with Crippen LogP contribution in [-0.2, 0) is 6.42 Å². The largest absolute Gasteiger partial charge is 0.383 e. The average Bonchev–Trinajstić information content (AvgIpc) is 2.33. The number of hydrogen-bond acceptors (Lipinski definition) is 3.